The van der Waals surface area contributed by atoms with Gasteiger partial charge in [0.25, 0.3) is 0 Å². The molecule has 0 saturated carbocycles. The van der Waals surface area contributed by atoms with Crippen LogP contribution in [0.4, 0.5) is 0 Å². The Kier molecular flexibility index (Phi) is 9.57. The molecular weight excluding hydrogens is 481 g/mol. The van der Waals surface area contributed by atoms with Crippen molar-refractivity contribution < 1.29 is 14.6 Å². The summed E-state index contributed by atoms with van der Waals surface area (Å²) in [6.07, 6.45) is 6.26. The number of carbonyl (C=O) groups excluding carboxylic acids is 1. The highest BCUT2D eigenvalue weighted by Crippen LogP contribution is 2.40. The molecule has 1 saturated heterocycles. The molecule has 0 spiro atoms. The summed E-state index contributed by atoms with van der Waals surface area (Å²) in [4.78, 5) is 12.8. The largest absolute Gasteiger partial charge is 0.353 e. The van der Waals surface area contributed by atoms with Crippen LogP contribution in [-0.2, 0) is 9.36 Å². The molecular formula is C30H44N3O3P. The number of nitrogens with zero attached hydrogens (tertiary/aromatic N) is 1. The molecule has 0 bridgehead atoms. The van der Waals surface area contributed by atoms with E-state index in [0.29, 0.717) is 18.8 Å². The van der Waals surface area contributed by atoms with Crippen LogP contribution in [0.5, 0.6) is 0 Å². The molecule has 2 aromatic carbocycles. The first-order valence-electron chi connectivity index (χ1n) is 13.3. The third-order valence-electron chi connectivity index (χ3n) is 6.99. The Hall–Kier alpha value is -2.24. The molecule has 202 valence electrons. The second-order valence-electron chi connectivity index (χ2n) is 11.9. The summed E-state index contributed by atoms with van der Waals surface area (Å²) in [6, 6.07) is 19.0. The van der Waals surface area contributed by atoms with Gasteiger partial charge in [-0.2, -0.15) is 5.06 Å². The van der Waals surface area contributed by atoms with E-state index in [0.717, 1.165) is 17.0 Å². The first-order valence-corrected chi connectivity index (χ1v) is 15.0. The van der Waals surface area contributed by atoms with Crippen molar-refractivity contribution in [1.82, 2.24) is 15.5 Å². The molecule has 1 fully saturated rings. The minimum atomic E-state index is -3.09. The van der Waals surface area contributed by atoms with E-state index in [-0.39, 0.29) is 24.4 Å². The van der Waals surface area contributed by atoms with Crippen LogP contribution < -0.4 is 21.0 Å². The van der Waals surface area contributed by atoms with E-state index < -0.39 is 18.4 Å². The van der Waals surface area contributed by atoms with Crippen molar-refractivity contribution in [2.75, 3.05) is 0 Å². The lowest BCUT2D eigenvalue weighted by molar-refractivity contribution is -0.246. The first-order chi connectivity index (χ1) is 17.3. The highest BCUT2D eigenvalue weighted by molar-refractivity contribution is 7.76. The van der Waals surface area contributed by atoms with Crippen LogP contribution in [-0.4, -0.2) is 39.3 Å². The monoisotopic (exact) mass is 525 g/mol. The molecule has 1 aliphatic rings. The molecule has 37 heavy (non-hydrogen) atoms. The highest BCUT2D eigenvalue weighted by Gasteiger charge is 2.45. The van der Waals surface area contributed by atoms with Crippen molar-refractivity contribution in [2.24, 2.45) is 5.92 Å². The molecule has 6 nitrogen and oxygen atoms in total. The maximum atomic E-state index is 14.5. The van der Waals surface area contributed by atoms with Crippen LogP contribution in [0.1, 0.15) is 67.2 Å². The number of hydroxylamine groups is 2. The number of rotatable bonds is 10. The second kappa shape index (κ2) is 12.1. The lowest BCUT2D eigenvalue weighted by Gasteiger charge is -2.51. The van der Waals surface area contributed by atoms with Gasteiger partial charge in [-0.15, -0.1) is 0 Å². The van der Waals surface area contributed by atoms with Crippen molar-refractivity contribution in [3.63, 3.8) is 0 Å². The van der Waals surface area contributed by atoms with E-state index in [1.807, 2.05) is 101 Å². The van der Waals surface area contributed by atoms with Crippen molar-refractivity contribution in [1.29, 1.82) is 0 Å². The average Bonchev–Trinajstić information content (AvgIpc) is 2.82. The Morgan fingerprint density at radius 2 is 1.49 bits per heavy atom. The van der Waals surface area contributed by atoms with Crippen molar-refractivity contribution >= 4 is 23.8 Å². The van der Waals surface area contributed by atoms with E-state index >= 15 is 0 Å². The molecule has 0 aromatic heterocycles. The molecule has 1 heterocycles. The number of hydrogen-bond donors (Lipinski definition) is 3. The lowest BCUT2D eigenvalue weighted by Crippen LogP contribution is -2.62. The third kappa shape index (κ3) is 7.64. The molecule has 0 unspecified atom stereocenters. The van der Waals surface area contributed by atoms with Gasteiger partial charge in [0.2, 0.25) is 13.2 Å². The zero-order valence-electron chi connectivity index (χ0n) is 23.1. The average molecular weight is 526 g/mol. The summed E-state index contributed by atoms with van der Waals surface area (Å²) in [5.74, 6) is 0.334. The van der Waals surface area contributed by atoms with Crippen LogP contribution in [0.15, 0.2) is 72.8 Å². The standard InChI is InChI=1S/C30H44N3O3P/c1-23(2)20-24(32-37(36,26-15-9-7-10-16-26)27-17-11-8-12-18-27)14-13-19-28(34)31-25-21-29(3,4)33(35)30(5,6)22-25/h7-18,23-25,35H,19-22H2,1-6H3,(H,31,34)(H,32,36)/b14-13+/t24-/m1/s1. The first kappa shape index (κ1) is 29.3. The smallest absolute Gasteiger partial charge is 0.224 e. The van der Waals surface area contributed by atoms with Gasteiger partial charge >= 0.3 is 0 Å². The summed E-state index contributed by atoms with van der Waals surface area (Å²) in [5, 5.41) is 20.1. The van der Waals surface area contributed by atoms with Gasteiger partial charge < -0.3 is 10.5 Å². The normalized spacial score (nSPS) is 19.2. The maximum Gasteiger partial charge on any atom is 0.224 e. The molecule has 3 rings (SSSR count). The van der Waals surface area contributed by atoms with E-state index in [1.165, 1.54) is 5.06 Å². The van der Waals surface area contributed by atoms with Crippen LogP contribution in [0.3, 0.4) is 0 Å². The van der Waals surface area contributed by atoms with Gasteiger partial charge in [0.05, 0.1) is 0 Å². The number of hydrogen-bond acceptors (Lipinski definition) is 4. The minimum absolute atomic E-state index is 0.00438. The van der Waals surface area contributed by atoms with Gasteiger partial charge in [-0.05, 0) is 77.1 Å². The highest BCUT2D eigenvalue weighted by atomic mass is 31.2. The quantitative estimate of drug-likeness (QED) is 0.286. The molecule has 1 amide bonds. The van der Waals surface area contributed by atoms with Crippen molar-refractivity contribution in [2.45, 2.75) is 90.4 Å². The van der Waals surface area contributed by atoms with Gasteiger partial charge in [0.15, 0.2) is 0 Å². The number of carbonyl (C=O) groups is 1. The fourth-order valence-electron chi connectivity index (χ4n) is 5.49. The van der Waals surface area contributed by atoms with Crippen LogP contribution in [0, 0.1) is 5.92 Å². The minimum Gasteiger partial charge on any atom is -0.353 e. The molecule has 0 aliphatic carbocycles. The molecule has 1 aliphatic heterocycles. The fraction of sp³-hybridized carbons (Fsp3) is 0.500. The van der Waals surface area contributed by atoms with E-state index in [1.54, 1.807) is 0 Å². The number of amides is 1. The molecule has 7 heteroatoms. The second-order valence-corrected chi connectivity index (χ2v) is 14.4. The number of nitrogens with one attached hydrogen (secondary N) is 2. The predicted octanol–water partition coefficient (Wildman–Crippen LogP) is 5.39. The van der Waals surface area contributed by atoms with E-state index in [4.69, 9.17) is 0 Å². The fourth-order valence-corrected chi connectivity index (χ4v) is 7.93. The summed E-state index contributed by atoms with van der Waals surface area (Å²) in [7, 11) is -3.09. The molecule has 2 aromatic rings. The van der Waals surface area contributed by atoms with Crippen LogP contribution in [0.25, 0.3) is 0 Å². The van der Waals surface area contributed by atoms with Gasteiger partial charge in [-0.25, -0.2) is 0 Å². The molecule has 0 radical (unpaired) electrons. The van der Waals surface area contributed by atoms with Gasteiger partial charge in [-0.3, -0.25) is 14.4 Å². The summed E-state index contributed by atoms with van der Waals surface area (Å²) < 4.78 is 14.5. The van der Waals surface area contributed by atoms with Gasteiger partial charge in [0, 0.05) is 40.2 Å². The Balaban J connectivity index is 1.73. The topological polar surface area (TPSA) is 81.7 Å². The van der Waals surface area contributed by atoms with Crippen molar-refractivity contribution in [3.8, 4) is 0 Å². The lowest BCUT2D eigenvalue weighted by atomic mass is 9.79. The van der Waals surface area contributed by atoms with E-state index in [2.05, 4.69) is 24.3 Å². The number of piperidine rings is 1. The van der Waals surface area contributed by atoms with Gasteiger partial charge in [0.1, 0.15) is 0 Å². The molecule has 3 N–H and O–H groups in total. The Morgan fingerprint density at radius 3 is 1.95 bits per heavy atom. The maximum absolute atomic E-state index is 14.5. The van der Waals surface area contributed by atoms with E-state index in [9.17, 15) is 14.6 Å². The predicted molar refractivity (Wildman–Crippen MR) is 153 cm³/mol. The summed E-state index contributed by atoms with van der Waals surface area (Å²) >= 11 is 0. The van der Waals surface area contributed by atoms with Crippen LogP contribution in [0.2, 0.25) is 0 Å². The zero-order valence-corrected chi connectivity index (χ0v) is 24.0. The Labute approximate surface area is 222 Å². The number of benzene rings is 2. The Bertz CT molecular complexity index is 1040. The molecule has 1 atom stereocenters. The SMILES string of the molecule is CC(C)C[C@@H](/C=C/CC(=O)NC1CC(C)(C)N(O)C(C)(C)C1)NP(=O)(c1ccccc1)c1ccccc1. The van der Waals surface area contributed by atoms with Crippen molar-refractivity contribution in [3.05, 3.63) is 72.8 Å². The van der Waals surface area contributed by atoms with Crippen LogP contribution >= 0.6 is 7.29 Å². The summed E-state index contributed by atoms with van der Waals surface area (Å²) in [5.41, 5.74) is -0.838. The Morgan fingerprint density at radius 1 is 1.00 bits per heavy atom. The van der Waals surface area contributed by atoms with Gasteiger partial charge in [-0.1, -0.05) is 62.4 Å². The third-order valence-corrected chi connectivity index (χ3v) is 9.73. The summed E-state index contributed by atoms with van der Waals surface area (Å²) in [6.45, 7) is 12.3. The zero-order chi connectivity index (χ0) is 27.3.